The van der Waals surface area contributed by atoms with Crippen molar-refractivity contribution in [1.29, 1.82) is 0 Å². The van der Waals surface area contributed by atoms with Crippen molar-refractivity contribution in [2.45, 2.75) is 20.8 Å². The maximum atomic E-state index is 4.66. The van der Waals surface area contributed by atoms with E-state index in [4.69, 9.17) is 0 Å². The summed E-state index contributed by atoms with van der Waals surface area (Å²) in [6.07, 6.45) is 7.99. The Labute approximate surface area is 106 Å². The number of imidazole rings is 1. The predicted molar refractivity (Wildman–Crippen MR) is 72.1 cm³/mol. The first-order valence-electron chi connectivity index (χ1n) is 6.08. The predicted octanol–water partition coefficient (Wildman–Crippen LogP) is 2.32. The van der Waals surface area contributed by atoms with Gasteiger partial charge in [-0.2, -0.15) is 0 Å². The van der Waals surface area contributed by atoms with E-state index in [1.165, 1.54) is 11.3 Å². The quantitative estimate of drug-likeness (QED) is 0.831. The largest absolute Gasteiger partial charge is 0.384 e. The van der Waals surface area contributed by atoms with E-state index in [0.717, 1.165) is 29.2 Å². The van der Waals surface area contributed by atoms with Crippen molar-refractivity contribution in [2.75, 3.05) is 6.54 Å². The molecule has 0 aromatic carbocycles. The van der Waals surface area contributed by atoms with Crippen LogP contribution in [0.4, 0.5) is 0 Å². The van der Waals surface area contributed by atoms with Crippen LogP contribution in [0.2, 0.25) is 0 Å². The van der Waals surface area contributed by atoms with Gasteiger partial charge in [0.1, 0.15) is 0 Å². The van der Waals surface area contributed by atoms with E-state index >= 15 is 0 Å². The van der Waals surface area contributed by atoms with Crippen LogP contribution in [0.3, 0.4) is 0 Å². The molecule has 0 unspecified atom stereocenters. The summed E-state index contributed by atoms with van der Waals surface area (Å²) < 4.78 is 2.02. The van der Waals surface area contributed by atoms with Crippen LogP contribution in [0.15, 0.2) is 35.9 Å². The molecule has 0 aliphatic carbocycles. The number of nitrogens with zero attached hydrogens (tertiary/aromatic N) is 3. The van der Waals surface area contributed by atoms with Crippen LogP contribution in [0.25, 0.3) is 11.2 Å². The lowest BCUT2D eigenvalue weighted by Crippen LogP contribution is -2.19. The average Bonchev–Trinajstić information content (AvgIpc) is 2.81. The molecule has 18 heavy (non-hydrogen) atoms. The van der Waals surface area contributed by atoms with E-state index in [9.17, 15) is 0 Å². The molecule has 4 heteroatoms. The fourth-order valence-electron chi connectivity index (χ4n) is 2.26. The minimum Gasteiger partial charge on any atom is -0.384 e. The highest BCUT2D eigenvalue weighted by molar-refractivity contribution is 5.76. The zero-order valence-electron chi connectivity index (χ0n) is 10.9. The van der Waals surface area contributed by atoms with Crippen LogP contribution < -0.4 is 5.32 Å². The zero-order chi connectivity index (χ0) is 12.7. The lowest BCUT2D eigenvalue weighted by Gasteiger charge is -2.18. The molecule has 0 amide bonds. The monoisotopic (exact) mass is 240 g/mol. The Balaban J connectivity index is 2.20. The standard InChI is InChI=1S/C14H16N4/c1-9-6-12(10(2)16-7-9)13-8-18-5-4-15-14(18)11(3)17-13/h4-6,8,16H,7H2,1-3H3. The minimum absolute atomic E-state index is 0.918. The smallest absolute Gasteiger partial charge is 0.158 e. The Hall–Kier alpha value is -2.10. The summed E-state index contributed by atoms with van der Waals surface area (Å²) in [5, 5.41) is 3.39. The molecular formula is C14H16N4. The summed E-state index contributed by atoms with van der Waals surface area (Å²) >= 11 is 0. The van der Waals surface area contributed by atoms with Crippen molar-refractivity contribution in [1.82, 2.24) is 19.7 Å². The van der Waals surface area contributed by atoms with Crippen molar-refractivity contribution in [3.63, 3.8) is 0 Å². The van der Waals surface area contributed by atoms with E-state index in [2.05, 4.69) is 35.2 Å². The van der Waals surface area contributed by atoms with Gasteiger partial charge in [-0.15, -0.1) is 0 Å². The second-order valence-electron chi connectivity index (χ2n) is 4.75. The molecule has 1 aliphatic heterocycles. The molecule has 0 spiro atoms. The Morgan fingerprint density at radius 2 is 2.11 bits per heavy atom. The maximum Gasteiger partial charge on any atom is 0.158 e. The van der Waals surface area contributed by atoms with Crippen molar-refractivity contribution in [3.8, 4) is 0 Å². The van der Waals surface area contributed by atoms with Gasteiger partial charge in [-0.1, -0.05) is 11.6 Å². The average molecular weight is 240 g/mol. The summed E-state index contributed by atoms with van der Waals surface area (Å²) in [5.41, 5.74) is 6.52. The van der Waals surface area contributed by atoms with E-state index in [-0.39, 0.29) is 0 Å². The van der Waals surface area contributed by atoms with E-state index < -0.39 is 0 Å². The summed E-state index contributed by atoms with van der Waals surface area (Å²) in [7, 11) is 0. The lowest BCUT2D eigenvalue weighted by molar-refractivity contribution is 0.856. The highest BCUT2D eigenvalue weighted by Gasteiger charge is 2.12. The molecule has 0 bridgehead atoms. The van der Waals surface area contributed by atoms with Crippen LogP contribution >= 0.6 is 0 Å². The second kappa shape index (κ2) is 3.98. The minimum atomic E-state index is 0.918. The molecule has 92 valence electrons. The van der Waals surface area contributed by atoms with Gasteiger partial charge in [-0.25, -0.2) is 9.97 Å². The number of dihydropyridines is 1. The maximum absolute atomic E-state index is 4.66. The molecule has 3 rings (SSSR count). The molecule has 4 nitrogen and oxygen atoms in total. The number of nitrogens with one attached hydrogen (secondary N) is 1. The highest BCUT2D eigenvalue weighted by atomic mass is 15.0. The zero-order valence-corrected chi connectivity index (χ0v) is 10.9. The highest BCUT2D eigenvalue weighted by Crippen LogP contribution is 2.23. The summed E-state index contributed by atoms with van der Waals surface area (Å²) in [4.78, 5) is 8.95. The first kappa shape index (κ1) is 11.0. The number of hydrogen-bond acceptors (Lipinski definition) is 3. The van der Waals surface area contributed by atoms with Gasteiger partial charge in [0.25, 0.3) is 0 Å². The number of allylic oxidation sites excluding steroid dienone is 3. The summed E-state index contributed by atoms with van der Waals surface area (Å²) in [5.74, 6) is 0. The first-order chi connectivity index (χ1) is 8.65. The lowest BCUT2D eigenvalue weighted by atomic mass is 10.0. The van der Waals surface area contributed by atoms with Crippen molar-refractivity contribution in [3.05, 3.63) is 47.3 Å². The van der Waals surface area contributed by atoms with Gasteiger partial charge < -0.3 is 9.72 Å². The van der Waals surface area contributed by atoms with Gasteiger partial charge in [0.15, 0.2) is 5.65 Å². The van der Waals surface area contributed by atoms with E-state index in [1.807, 2.05) is 23.7 Å². The normalized spacial score (nSPS) is 15.8. The fourth-order valence-corrected chi connectivity index (χ4v) is 2.26. The third-order valence-electron chi connectivity index (χ3n) is 3.24. The third-order valence-corrected chi connectivity index (χ3v) is 3.24. The van der Waals surface area contributed by atoms with Crippen molar-refractivity contribution < 1.29 is 0 Å². The van der Waals surface area contributed by atoms with Crippen LogP contribution in [-0.4, -0.2) is 20.9 Å². The molecule has 3 heterocycles. The number of aromatic nitrogens is 3. The molecule has 2 aromatic heterocycles. The Morgan fingerprint density at radius 1 is 1.28 bits per heavy atom. The second-order valence-corrected chi connectivity index (χ2v) is 4.75. The van der Waals surface area contributed by atoms with Crippen LogP contribution in [0.5, 0.6) is 0 Å². The van der Waals surface area contributed by atoms with Gasteiger partial charge in [-0.3, -0.25) is 0 Å². The Morgan fingerprint density at radius 3 is 2.94 bits per heavy atom. The van der Waals surface area contributed by atoms with Gasteiger partial charge in [0.05, 0.1) is 11.4 Å². The van der Waals surface area contributed by atoms with Crippen LogP contribution in [0.1, 0.15) is 25.2 Å². The molecule has 1 aliphatic rings. The number of fused-ring (bicyclic) bond motifs is 1. The number of hydrogen-bond donors (Lipinski definition) is 1. The summed E-state index contributed by atoms with van der Waals surface area (Å²) in [6.45, 7) is 7.13. The molecule has 0 saturated heterocycles. The number of aryl methyl sites for hydroxylation is 1. The van der Waals surface area contributed by atoms with E-state index in [1.54, 1.807) is 6.20 Å². The topological polar surface area (TPSA) is 42.2 Å². The van der Waals surface area contributed by atoms with Gasteiger partial charge >= 0.3 is 0 Å². The molecular weight excluding hydrogens is 224 g/mol. The van der Waals surface area contributed by atoms with Gasteiger partial charge in [-0.05, 0) is 20.8 Å². The molecule has 0 saturated carbocycles. The number of rotatable bonds is 1. The van der Waals surface area contributed by atoms with Gasteiger partial charge in [0.2, 0.25) is 0 Å². The van der Waals surface area contributed by atoms with Crippen molar-refractivity contribution in [2.24, 2.45) is 0 Å². The summed E-state index contributed by atoms with van der Waals surface area (Å²) in [6, 6.07) is 0. The Kier molecular flexibility index (Phi) is 2.44. The fraction of sp³-hybridized carbons (Fsp3) is 0.286. The molecule has 1 N–H and O–H groups in total. The van der Waals surface area contributed by atoms with E-state index in [0.29, 0.717) is 0 Å². The molecule has 2 aromatic rings. The Bertz CT molecular complexity index is 676. The third kappa shape index (κ3) is 1.70. The molecule has 0 atom stereocenters. The first-order valence-corrected chi connectivity index (χ1v) is 6.08. The van der Waals surface area contributed by atoms with Gasteiger partial charge in [0, 0.05) is 36.4 Å². The molecule has 0 fully saturated rings. The SMILES string of the molecule is CC1=CC(c2cn3ccnc3c(C)n2)=C(C)NC1. The van der Waals surface area contributed by atoms with Crippen molar-refractivity contribution >= 4 is 11.2 Å². The van der Waals surface area contributed by atoms with Crippen LogP contribution in [0, 0.1) is 6.92 Å². The van der Waals surface area contributed by atoms with Crippen LogP contribution in [-0.2, 0) is 0 Å². The molecule has 0 radical (unpaired) electrons.